The van der Waals surface area contributed by atoms with Gasteiger partial charge in [0.2, 0.25) is 10.0 Å². The number of rotatable bonds is 7. The molecule has 6 heteroatoms. The number of para-hydroxylation sites is 1. The molecule has 2 heterocycles. The summed E-state index contributed by atoms with van der Waals surface area (Å²) in [5, 5.41) is 1.27. The summed E-state index contributed by atoms with van der Waals surface area (Å²) in [6.07, 6.45) is 3.93. The first-order chi connectivity index (χ1) is 15.3. The van der Waals surface area contributed by atoms with Gasteiger partial charge in [-0.3, -0.25) is 0 Å². The summed E-state index contributed by atoms with van der Waals surface area (Å²) >= 11 is 0. The monoisotopic (exact) mass is 454 g/mol. The van der Waals surface area contributed by atoms with E-state index in [1.54, 1.807) is 4.31 Å². The van der Waals surface area contributed by atoms with Gasteiger partial charge in [-0.25, -0.2) is 8.42 Å². The van der Waals surface area contributed by atoms with Gasteiger partial charge in [-0.1, -0.05) is 35.9 Å². The molecule has 1 aliphatic heterocycles. The predicted octanol–water partition coefficient (Wildman–Crippen LogP) is 5.17. The second-order valence-corrected chi connectivity index (χ2v) is 10.8. The lowest BCUT2D eigenvalue weighted by Crippen LogP contribution is -2.38. The minimum atomic E-state index is -3.49. The summed E-state index contributed by atoms with van der Waals surface area (Å²) in [7, 11) is -3.49. The first-order valence-electron chi connectivity index (χ1n) is 11.6. The molecule has 0 N–H and O–H groups in total. The Kier molecular flexibility index (Phi) is 6.75. The molecule has 0 radical (unpaired) electrons. The molecular weight excluding hydrogens is 420 g/mol. The van der Waals surface area contributed by atoms with E-state index >= 15 is 0 Å². The number of aromatic nitrogens is 1. The van der Waals surface area contributed by atoms with Crippen LogP contribution in [0.3, 0.4) is 0 Å². The molecule has 0 saturated carbocycles. The highest BCUT2D eigenvalue weighted by atomic mass is 32.2. The van der Waals surface area contributed by atoms with Crippen LogP contribution in [-0.4, -0.2) is 43.6 Å². The molecule has 1 aromatic heterocycles. The molecule has 0 aliphatic carbocycles. The van der Waals surface area contributed by atoms with Gasteiger partial charge in [0, 0.05) is 43.3 Å². The highest BCUT2D eigenvalue weighted by Gasteiger charge is 2.32. The SMILES string of the molecule is CCOCCn1cc(C2CCN(S(=O)(=O)c3c(C)cc(C)cc3C)CC2)c2ccccc21. The van der Waals surface area contributed by atoms with Crippen LogP contribution in [0.25, 0.3) is 10.9 Å². The zero-order chi connectivity index (χ0) is 22.9. The molecule has 5 nitrogen and oxygen atoms in total. The van der Waals surface area contributed by atoms with Crippen molar-refractivity contribution >= 4 is 20.9 Å². The van der Waals surface area contributed by atoms with Gasteiger partial charge in [0.05, 0.1) is 11.5 Å². The number of hydrogen-bond donors (Lipinski definition) is 0. The molecule has 4 rings (SSSR count). The van der Waals surface area contributed by atoms with Crippen molar-refractivity contribution in [3.05, 3.63) is 64.8 Å². The Morgan fingerprint density at radius 2 is 1.69 bits per heavy atom. The minimum Gasteiger partial charge on any atom is -0.380 e. The molecule has 172 valence electrons. The maximum atomic E-state index is 13.5. The van der Waals surface area contributed by atoms with Gasteiger partial charge in [0.1, 0.15) is 0 Å². The number of benzene rings is 2. The minimum absolute atomic E-state index is 0.361. The number of piperidine rings is 1. The third-order valence-electron chi connectivity index (χ3n) is 6.60. The van der Waals surface area contributed by atoms with Gasteiger partial charge >= 0.3 is 0 Å². The van der Waals surface area contributed by atoms with Crippen LogP contribution in [0, 0.1) is 20.8 Å². The number of nitrogens with zero attached hydrogens (tertiary/aromatic N) is 2. The number of fused-ring (bicyclic) bond motifs is 1. The summed E-state index contributed by atoms with van der Waals surface area (Å²) in [5.41, 5.74) is 5.32. The van der Waals surface area contributed by atoms with E-state index in [0.29, 0.717) is 30.5 Å². The van der Waals surface area contributed by atoms with Crippen LogP contribution >= 0.6 is 0 Å². The molecule has 0 amide bonds. The summed E-state index contributed by atoms with van der Waals surface area (Å²) in [6.45, 7) is 11.2. The van der Waals surface area contributed by atoms with Gasteiger partial charge in [0.25, 0.3) is 0 Å². The van der Waals surface area contributed by atoms with E-state index in [9.17, 15) is 8.42 Å². The van der Waals surface area contributed by atoms with Crippen molar-refractivity contribution < 1.29 is 13.2 Å². The zero-order valence-electron chi connectivity index (χ0n) is 19.6. The van der Waals surface area contributed by atoms with Crippen LogP contribution in [0.15, 0.2) is 47.5 Å². The smallest absolute Gasteiger partial charge is 0.243 e. The van der Waals surface area contributed by atoms with E-state index in [0.717, 1.165) is 42.7 Å². The first-order valence-corrected chi connectivity index (χ1v) is 13.0. The van der Waals surface area contributed by atoms with E-state index in [2.05, 4.69) is 35.0 Å². The fraction of sp³-hybridized carbons (Fsp3) is 0.462. The molecular formula is C26H34N2O3S. The van der Waals surface area contributed by atoms with Crippen molar-refractivity contribution in [3.8, 4) is 0 Å². The Hall–Kier alpha value is -2.15. The maximum Gasteiger partial charge on any atom is 0.243 e. The summed E-state index contributed by atoms with van der Waals surface area (Å²) in [4.78, 5) is 0.481. The normalized spacial score (nSPS) is 16.1. The van der Waals surface area contributed by atoms with Crippen LogP contribution in [0.2, 0.25) is 0 Å². The second kappa shape index (κ2) is 9.38. The van der Waals surface area contributed by atoms with Gasteiger partial charge in [-0.05, 0) is 69.2 Å². The molecule has 0 unspecified atom stereocenters. The molecule has 0 atom stereocenters. The first kappa shape index (κ1) is 23.0. The van der Waals surface area contributed by atoms with Crippen LogP contribution in [0.4, 0.5) is 0 Å². The molecule has 1 saturated heterocycles. The number of hydrogen-bond acceptors (Lipinski definition) is 3. The van der Waals surface area contributed by atoms with Gasteiger partial charge < -0.3 is 9.30 Å². The molecule has 3 aromatic rings. The average Bonchev–Trinajstić information content (AvgIpc) is 3.12. The Labute approximate surface area is 192 Å². The van der Waals surface area contributed by atoms with E-state index in [4.69, 9.17) is 4.74 Å². The molecule has 32 heavy (non-hydrogen) atoms. The Morgan fingerprint density at radius 3 is 2.34 bits per heavy atom. The van der Waals surface area contributed by atoms with Gasteiger partial charge in [-0.2, -0.15) is 4.31 Å². The lowest BCUT2D eigenvalue weighted by molar-refractivity contribution is 0.140. The number of aryl methyl sites for hydroxylation is 3. The van der Waals surface area contributed by atoms with Gasteiger partial charge in [-0.15, -0.1) is 0 Å². The fourth-order valence-corrected chi connectivity index (χ4v) is 7.08. The van der Waals surface area contributed by atoms with E-state index in [-0.39, 0.29) is 0 Å². The average molecular weight is 455 g/mol. The largest absolute Gasteiger partial charge is 0.380 e. The van der Waals surface area contributed by atoms with Crippen molar-refractivity contribution in [1.82, 2.24) is 8.87 Å². The topological polar surface area (TPSA) is 51.5 Å². The third-order valence-corrected chi connectivity index (χ3v) is 8.80. The van der Waals surface area contributed by atoms with E-state index < -0.39 is 10.0 Å². The zero-order valence-corrected chi connectivity index (χ0v) is 20.4. The molecule has 1 fully saturated rings. The fourth-order valence-electron chi connectivity index (χ4n) is 5.20. The van der Waals surface area contributed by atoms with Crippen molar-refractivity contribution in [1.29, 1.82) is 0 Å². The van der Waals surface area contributed by atoms with Crippen molar-refractivity contribution in [3.63, 3.8) is 0 Å². The van der Waals surface area contributed by atoms with Crippen LogP contribution < -0.4 is 0 Å². The lowest BCUT2D eigenvalue weighted by Gasteiger charge is -2.32. The summed E-state index contributed by atoms with van der Waals surface area (Å²) in [5.74, 6) is 0.361. The van der Waals surface area contributed by atoms with Crippen LogP contribution in [0.1, 0.15) is 47.9 Å². The number of ether oxygens (including phenoxy) is 1. The molecule has 1 aliphatic rings. The molecule has 2 aromatic carbocycles. The van der Waals surface area contributed by atoms with Crippen molar-refractivity contribution in [2.75, 3.05) is 26.3 Å². The predicted molar refractivity (Wildman–Crippen MR) is 130 cm³/mol. The lowest BCUT2D eigenvalue weighted by atomic mass is 9.90. The Bertz CT molecular complexity index is 1180. The highest BCUT2D eigenvalue weighted by molar-refractivity contribution is 7.89. The summed E-state index contributed by atoms with van der Waals surface area (Å²) in [6, 6.07) is 12.4. The Morgan fingerprint density at radius 1 is 1.03 bits per heavy atom. The number of sulfonamides is 1. The highest BCUT2D eigenvalue weighted by Crippen LogP contribution is 2.36. The van der Waals surface area contributed by atoms with Crippen molar-refractivity contribution in [2.24, 2.45) is 0 Å². The van der Waals surface area contributed by atoms with E-state index in [1.807, 2.05) is 39.8 Å². The molecule has 0 spiro atoms. The van der Waals surface area contributed by atoms with Crippen LogP contribution in [-0.2, 0) is 21.3 Å². The van der Waals surface area contributed by atoms with Crippen LogP contribution in [0.5, 0.6) is 0 Å². The summed E-state index contributed by atoms with van der Waals surface area (Å²) < 4.78 is 36.4. The Balaban J connectivity index is 1.55. The second-order valence-electron chi connectivity index (χ2n) is 8.90. The standard InChI is InChI=1S/C26H34N2O3S/c1-5-31-15-14-27-18-24(23-8-6-7-9-25(23)27)22-10-12-28(13-11-22)32(29,30)26-20(3)16-19(2)17-21(26)4/h6-9,16-18,22H,5,10-15H2,1-4H3. The quantitative estimate of drug-likeness (QED) is 0.463. The van der Waals surface area contributed by atoms with Gasteiger partial charge in [0.15, 0.2) is 0 Å². The van der Waals surface area contributed by atoms with E-state index in [1.165, 1.54) is 16.5 Å². The third kappa shape index (κ3) is 4.36. The van der Waals surface area contributed by atoms with Crippen molar-refractivity contribution in [2.45, 2.75) is 57.9 Å². The maximum absolute atomic E-state index is 13.5. The molecule has 0 bridgehead atoms.